The highest BCUT2D eigenvalue weighted by Gasteiger charge is 2.17. The summed E-state index contributed by atoms with van der Waals surface area (Å²) >= 11 is 0. The van der Waals surface area contributed by atoms with E-state index in [0.29, 0.717) is 0 Å². The van der Waals surface area contributed by atoms with Crippen LogP contribution in [0.3, 0.4) is 0 Å². The van der Waals surface area contributed by atoms with E-state index in [0.717, 1.165) is 25.1 Å². The van der Waals surface area contributed by atoms with E-state index in [1.165, 1.54) is 31.3 Å². The highest BCUT2D eigenvalue weighted by Crippen LogP contribution is 2.14. The minimum Gasteiger partial charge on any atom is -0.313 e. The Morgan fingerprint density at radius 2 is 1.64 bits per heavy atom. The molecule has 0 fully saturated rings. The summed E-state index contributed by atoms with van der Waals surface area (Å²) in [7, 11) is -5.93. The van der Waals surface area contributed by atoms with Gasteiger partial charge in [0.2, 0.25) is 20.0 Å². The molecule has 3 N–H and O–H groups in total. The molecule has 1 aliphatic heterocycles. The first-order valence-electron chi connectivity index (χ1n) is 6.77. The average molecular weight is 345 g/mol. The SMILES string of the molecule is CNS(=O)(=O)c1ccc(S(=O)(=O)NCC2=CCNCC2)cc1. The van der Waals surface area contributed by atoms with Gasteiger partial charge in [-0.25, -0.2) is 26.3 Å². The number of hydrogen-bond donors (Lipinski definition) is 3. The van der Waals surface area contributed by atoms with Crippen LogP contribution in [0.1, 0.15) is 6.42 Å². The van der Waals surface area contributed by atoms with Crippen molar-refractivity contribution in [3.05, 3.63) is 35.9 Å². The highest BCUT2D eigenvalue weighted by atomic mass is 32.2. The molecule has 0 spiro atoms. The molecule has 1 aromatic rings. The molecule has 0 unspecified atom stereocenters. The van der Waals surface area contributed by atoms with Gasteiger partial charge in [-0.05, 0) is 44.3 Å². The second-order valence-corrected chi connectivity index (χ2v) is 8.47. The summed E-state index contributed by atoms with van der Waals surface area (Å²) in [5.74, 6) is 0. The van der Waals surface area contributed by atoms with Gasteiger partial charge in [0.1, 0.15) is 0 Å². The summed E-state index contributed by atoms with van der Waals surface area (Å²) in [6.45, 7) is 1.85. The van der Waals surface area contributed by atoms with Crippen LogP contribution < -0.4 is 14.8 Å². The maximum atomic E-state index is 12.2. The summed E-state index contributed by atoms with van der Waals surface area (Å²) in [5.41, 5.74) is 1.04. The van der Waals surface area contributed by atoms with Crippen LogP contribution in [0.5, 0.6) is 0 Å². The third-order valence-corrected chi connectivity index (χ3v) is 6.21. The summed E-state index contributed by atoms with van der Waals surface area (Å²) in [6, 6.07) is 5.10. The highest BCUT2D eigenvalue weighted by molar-refractivity contribution is 7.90. The molecule has 0 bridgehead atoms. The molecule has 1 aliphatic rings. The van der Waals surface area contributed by atoms with Gasteiger partial charge >= 0.3 is 0 Å². The second kappa shape index (κ2) is 6.88. The molecule has 0 aliphatic carbocycles. The van der Waals surface area contributed by atoms with Gasteiger partial charge in [-0.3, -0.25) is 0 Å². The van der Waals surface area contributed by atoms with Crippen LogP contribution in [0.4, 0.5) is 0 Å². The first-order valence-corrected chi connectivity index (χ1v) is 9.74. The van der Waals surface area contributed by atoms with Crippen molar-refractivity contribution in [3.8, 4) is 0 Å². The predicted octanol–water partition coefficient (Wildman–Crippen LogP) is -0.207. The molecule has 22 heavy (non-hydrogen) atoms. The van der Waals surface area contributed by atoms with Crippen molar-refractivity contribution in [3.63, 3.8) is 0 Å². The molecule has 9 heteroatoms. The number of hydrogen-bond acceptors (Lipinski definition) is 5. The Labute approximate surface area is 130 Å². The van der Waals surface area contributed by atoms with Crippen molar-refractivity contribution < 1.29 is 16.8 Å². The fourth-order valence-electron chi connectivity index (χ4n) is 2.02. The van der Waals surface area contributed by atoms with Gasteiger partial charge in [-0.2, -0.15) is 0 Å². The molecule has 122 valence electrons. The molecule has 7 nitrogen and oxygen atoms in total. The Kier molecular flexibility index (Phi) is 5.35. The summed E-state index contributed by atoms with van der Waals surface area (Å²) in [6.07, 6.45) is 2.77. The van der Waals surface area contributed by atoms with Gasteiger partial charge in [0.25, 0.3) is 0 Å². The summed E-state index contributed by atoms with van der Waals surface area (Å²) in [5, 5.41) is 3.15. The molecule has 0 saturated carbocycles. The molecule has 1 aromatic carbocycles. The Morgan fingerprint density at radius 1 is 1.05 bits per heavy atom. The number of sulfonamides is 2. The van der Waals surface area contributed by atoms with Crippen molar-refractivity contribution in [1.82, 2.24) is 14.8 Å². The Hall–Kier alpha value is -1.26. The van der Waals surface area contributed by atoms with E-state index in [9.17, 15) is 16.8 Å². The maximum absolute atomic E-state index is 12.2. The fraction of sp³-hybridized carbons (Fsp3) is 0.385. The van der Waals surface area contributed by atoms with Crippen LogP contribution in [-0.2, 0) is 20.0 Å². The topological polar surface area (TPSA) is 104 Å². The molecule has 1 heterocycles. The Morgan fingerprint density at radius 3 is 2.14 bits per heavy atom. The van der Waals surface area contributed by atoms with Crippen molar-refractivity contribution in [2.24, 2.45) is 0 Å². The zero-order valence-corrected chi connectivity index (χ0v) is 13.8. The fourth-order valence-corrected chi connectivity index (χ4v) is 3.78. The van der Waals surface area contributed by atoms with Crippen molar-refractivity contribution in [2.75, 3.05) is 26.7 Å². The van der Waals surface area contributed by atoms with Gasteiger partial charge in [-0.1, -0.05) is 11.6 Å². The van der Waals surface area contributed by atoms with Crippen LogP contribution in [0.25, 0.3) is 0 Å². The van der Waals surface area contributed by atoms with Crippen molar-refractivity contribution in [1.29, 1.82) is 0 Å². The standard InChI is InChI=1S/C13H19N3O4S2/c1-14-21(17,18)12-2-4-13(5-3-12)22(19,20)16-10-11-6-8-15-9-7-11/h2-6,14-16H,7-10H2,1H3. The molecular formula is C13H19N3O4S2. The Bertz CT molecular complexity index is 753. The van der Waals surface area contributed by atoms with Gasteiger partial charge < -0.3 is 5.32 Å². The van der Waals surface area contributed by atoms with E-state index in [1.807, 2.05) is 6.08 Å². The van der Waals surface area contributed by atoms with Crippen LogP contribution in [0.15, 0.2) is 45.7 Å². The minimum atomic E-state index is -3.66. The van der Waals surface area contributed by atoms with Crippen LogP contribution in [0, 0.1) is 0 Å². The molecule has 0 amide bonds. The molecule has 0 saturated heterocycles. The second-order valence-electron chi connectivity index (χ2n) is 4.82. The summed E-state index contributed by atoms with van der Waals surface area (Å²) < 4.78 is 52.3. The lowest BCUT2D eigenvalue weighted by Gasteiger charge is -2.14. The van der Waals surface area contributed by atoms with Gasteiger partial charge in [0.15, 0.2) is 0 Å². The average Bonchev–Trinajstić information content (AvgIpc) is 2.54. The summed E-state index contributed by atoms with van der Waals surface area (Å²) in [4.78, 5) is 0.0621. The Balaban J connectivity index is 2.11. The minimum absolute atomic E-state index is 0.0232. The van der Waals surface area contributed by atoms with Gasteiger partial charge in [0, 0.05) is 13.1 Å². The monoisotopic (exact) mass is 345 g/mol. The van der Waals surface area contributed by atoms with E-state index in [4.69, 9.17) is 0 Å². The van der Waals surface area contributed by atoms with Gasteiger partial charge in [-0.15, -0.1) is 0 Å². The van der Waals surface area contributed by atoms with Crippen molar-refractivity contribution in [2.45, 2.75) is 16.2 Å². The van der Waals surface area contributed by atoms with E-state index in [-0.39, 0.29) is 16.3 Å². The number of rotatable bonds is 6. The maximum Gasteiger partial charge on any atom is 0.240 e. The third kappa shape index (κ3) is 4.14. The normalized spacial score (nSPS) is 16.3. The zero-order valence-electron chi connectivity index (χ0n) is 12.2. The molecular weight excluding hydrogens is 326 g/mol. The van der Waals surface area contributed by atoms with Crippen LogP contribution in [-0.4, -0.2) is 43.5 Å². The molecule has 2 rings (SSSR count). The van der Waals surface area contributed by atoms with E-state index in [1.54, 1.807) is 0 Å². The van der Waals surface area contributed by atoms with Crippen LogP contribution in [0.2, 0.25) is 0 Å². The zero-order chi connectivity index (χ0) is 16.2. The molecule has 0 atom stereocenters. The molecule has 0 radical (unpaired) electrons. The largest absolute Gasteiger partial charge is 0.313 e. The van der Waals surface area contributed by atoms with E-state index >= 15 is 0 Å². The lowest BCUT2D eigenvalue weighted by molar-refractivity contribution is 0.580. The first-order chi connectivity index (χ1) is 10.3. The van der Waals surface area contributed by atoms with E-state index < -0.39 is 20.0 Å². The first kappa shape index (κ1) is 17.1. The van der Waals surface area contributed by atoms with Crippen LogP contribution >= 0.6 is 0 Å². The number of benzene rings is 1. The smallest absolute Gasteiger partial charge is 0.240 e. The van der Waals surface area contributed by atoms with Gasteiger partial charge in [0.05, 0.1) is 9.79 Å². The quantitative estimate of drug-likeness (QED) is 0.619. The van der Waals surface area contributed by atoms with E-state index in [2.05, 4.69) is 14.8 Å². The lowest BCUT2D eigenvalue weighted by atomic mass is 10.1. The predicted molar refractivity (Wildman–Crippen MR) is 83.4 cm³/mol. The third-order valence-electron chi connectivity index (χ3n) is 3.36. The molecule has 0 aromatic heterocycles. The van der Waals surface area contributed by atoms with Crippen molar-refractivity contribution >= 4 is 20.0 Å². The lowest BCUT2D eigenvalue weighted by Crippen LogP contribution is -2.29. The number of nitrogens with one attached hydrogen (secondary N) is 3.